The van der Waals surface area contributed by atoms with Crippen molar-refractivity contribution in [1.29, 1.82) is 0 Å². The number of allylic oxidation sites excluding steroid dienone is 11. The topological polar surface area (TPSA) is 30.9 Å². The second kappa shape index (κ2) is 16.8. The molecule has 298 valence electrons. The van der Waals surface area contributed by atoms with Gasteiger partial charge in [0.05, 0.1) is 5.52 Å². The third kappa shape index (κ3) is 7.03. The summed E-state index contributed by atoms with van der Waals surface area (Å²) >= 11 is 0. The molecule has 60 heavy (non-hydrogen) atoms. The van der Waals surface area contributed by atoms with Crippen LogP contribution in [0.2, 0.25) is 0 Å². The molecule has 2 heteroatoms. The smallest absolute Gasteiger partial charge is 0.0547 e. The molecule has 10 rings (SSSR count). The van der Waals surface area contributed by atoms with E-state index in [1.54, 1.807) is 0 Å². The third-order valence-electron chi connectivity index (χ3n) is 12.8. The lowest BCUT2D eigenvalue weighted by Crippen LogP contribution is -2.30. The van der Waals surface area contributed by atoms with E-state index in [1.807, 2.05) is 13.8 Å². The fourth-order valence-corrected chi connectivity index (χ4v) is 9.87. The molecule has 0 fully saturated rings. The zero-order chi connectivity index (χ0) is 41.2. The van der Waals surface area contributed by atoms with Crippen molar-refractivity contribution in [3.8, 4) is 39.1 Å². The van der Waals surface area contributed by atoms with Crippen LogP contribution in [0.1, 0.15) is 82.9 Å². The minimum atomic E-state index is -0.0526. The lowest BCUT2D eigenvalue weighted by molar-refractivity contribution is 0.660. The number of rotatable bonds is 8. The molecule has 0 bridgehead atoms. The molecule has 0 saturated carbocycles. The molecule has 4 aliphatic carbocycles. The van der Waals surface area contributed by atoms with E-state index < -0.39 is 0 Å². The van der Waals surface area contributed by atoms with Gasteiger partial charge in [0.2, 0.25) is 0 Å². The fraction of sp³-hybridized carbons (Fsp3) is 0.207. The molecule has 1 aromatic heterocycles. The van der Waals surface area contributed by atoms with Gasteiger partial charge in [0.25, 0.3) is 0 Å². The van der Waals surface area contributed by atoms with E-state index in [9.17, 15) is 0 Å². The lowest BCUT2D eigenvalue weighted by Gasteiger charge is -2.22. The summed E-state index contributed by atoms with van der Waals surface area (Å²) in [4.78, 5) is 0. The Kier molecular flexibility index (Phi) is 11.0. The molecule has 0 atom stereocenters. The summed E-state index contributed by atoms with van der Waals surface area (Å²) in [5, 5.41) is 3.93. The summed E-state index contributed by atoms with van der Waals surface area (Å²) in [6.07, 6.45) is 29.4. The number of aromatic nitrogens is 1. The number of hydrogen-bond acceptors (Lipinski definition) is 1. The van der Waals surface area contributed by atoms with Gasteiger partial charge in [-0.2, -0.15) is 0 Å². The van der Waals surface area contributed by atoms with Crippen molar-refractivity contribution in [3.63, 3.8) is 0 Å². The Labute approximate surface area is 356 Å². The minimum absolute atomic E-state index is 0.0526. The molecular weight excluding hydrogens is 725 g/mol. The Bertz CT molecular complexity index is 2950. The van der Waals surface area contributed by atoms with E-state index in [-0.39, 0.29) is 5.41 Å². The molecule has 1 heterocycles. The van der Waals surface area contributed by atoms with Crippen molar-refractivity contribution >= 4 is 28.6 Å². The van der Waals surface area contributed by atoms with Crippen molar-refractivity contribution in [2.75, 3.05) is 6.54 Å². The first-order chi connectivity index (χ1) is 29.5. The van der Waals surface area contributed by atoms with Gasteiger partial charge in [-0.05, 0) is 141 Å². The molecule has 0 radical (unpaired) electrons. The van der Waals surface area contributed by atoms with Crippen LogP contribution in [0.3, 0.4) is 0 Å². The van der Waals surface area contributed by atoms with Gasteiger partial charge >= 0.3 is 0 Å². The standard InChI is InChI=1S/C56H50N2.C2H6/c1-56(2)52-26-13-11-24-47(52)48-30-28-42(36-53(48)56)45-22-9-10-23-46(45)43-29-31-50-49-25-12-14-27-54(49)58(55(50)37-43)44-21-15-20-41(34-44)51(39-18-7-4-8-19-39)35-40(32-33-57)38-16-5-3-6-17-38;1-2/h4-5,7,9-11,13,15-18,20-32,34-37H,3,6,8,12,14,19,33,57H2,1-2H3;1-2H3/b40-32+,51-35-;. The van der Waals surface area contributed by atoms with E-state index in [0.717, 1.165) is 38.5 Å². The van der Waals surface area contributed by atoms with Gasteiger partial charge in [-0.15, -0.1) is 0 Å². The normalized spacial score (nSPS) is 16.4. The van der Waals surface area contributed by atoms with Crippen molar-refractivity contribution in [1.82, 2.24) is 4.57 Å². The van der Waals surface area contributed by atoms with Crippen LogP contribution < -0.4 is 16.3 Å². The number of benzene rings is 5. The van der Waals surface area contributed by atoms with Crippen LogP contribution >= 0.6 is 0 Å². The number of hydrogen-bond donors (Lipinski definition) is 1. The molecule has 2 N–H and O–H groups in total. The summed E-state index contributed by atoms with van der Waals surface area (Å²) in [7, 11) is 0. The van der Waals surface area contributed by atoms with Crippen molar-refractivity contribution in [2.45, 2.75) is 71.6 Å². The lowest BCUT2D eigenvalue weighted by atomic mass is 9.81. The monoisotopic (exact) mass is 780 g/mol. The summed E-state index contributed by atoms with van der Waals surface area (Å²) in [6, 6.07) is 41.3. The van der Waals surface area contributed by atoms with E-state index in [0.29, 0.717) is 6.54 Å². The molecule has 5 aromatic carbocycles. The van der Waals surface area contributed by atoms with Crippen LogP contribution in [0.15, 0.2) is 175 Å². The van der Waals surface area contributed by atoms with Crippen LogP contribution in [0, 0.1) is 0 Å². The second-order valence-electron chi connectivity index (χ2n) is 16.6. The quantitative estimate of drug-likeness (QED) is 0.153. The number of fused-ring (bicyclic) bond motifs is 6. The van der Waals surface area contributed by atoms with E-state index >= 15 is 0 Å². The molecule has 0 saturated heterocycles. The van der Waals surface area contributed by atoms with Crippen LogP contribution in [-0.2, 0) is 5.41 Å². The Morgan fingerprint density at radius 2 is 1.42 bits per heavy atom. The van der Waals surface area contributed by atoms with Crippen molar-refractivity contribution in [2.24, 2.45) is 5.73 Å². The first kappa shape index (κ1) is 39.3. The van der Waals surface area contributed by atoms with Gasteiger partial charge in [0, 0.05) is 33.6 Å². The molecule has 6 aromatic rings. The molecule has 0 aliphatic heterocycles. The summed E-state index contributed by atoms with van der Waals surface area (Å²) < 4.78 is 2.51. The summed E-state index contributed by atoms with van der Waals surface area (Å²) in [6.45, 7) is 9.23. The van der Waals surface area contributed by atoms with Crippen LogP contribution in [0.25, 0.3) is 67.7 Å². The van der Waals surface area contributed by atoms with Crippen LogP contribution in [0.5, 0.6) is 0 Å². The van der Waals surface area contributed by atoms with Gasteiger partial charge in [-0.25, -0.2) is 0 Å². The maximum atomic E-state index is 6.19. The van der Waals surface area contributed by atoms with Crippen LogP contribution in [0.4, 0.5) is 0 Å². The predicted molar refractivity (Wildman–Crippen MR) is 259 cm³/mol. The third-order valence-corrected chi connectivity index (χ3v) is 12.8. The molecule has 2 nitrogen and oxygen atoms in total. The molecule has 0 amide bonds. The van der Waals surface area contributed by atoms with E-state index in [1.165, 1.54) is 99.5 Å². The Hall–Kier alpha value is -6.22. The average Bonchev–Trinajstić information content (AvgIpc) is 3.76. The Morgan fingerprint density at radius 3 is 2.18 bits per heavy atom. The zero-order valence-corrected chi connectivity index (χ0v) is 35.6. The Balaban J connectivity index is 0.00000228. The first-order valence-corrected chi connectivity index (χ1v) is 22.1. The van der Waals surface area contributed by atoms with E-state index in [4.69, 9.17) is 5.73 Å². The molecule has 0 spiro atoms. The SMILES string of the molecule is CC.CC1(C)c2ccccc2-c2ccc(-c3ccccc3-c3ccc4c5c(n(-c6cccc(/C(=C\C(=C/CN)C7=CCCC=C7)C7=CC=CCC7)c6)c4c3)=CCCC=5)cc21. The minimum Gasteiger partial charge on any atom is -0.327 e. The Morgan fingerprint density at radius 1 is 0.683 bits per heavy atom. The van der Waals surface area contributed by atoms with Crippen LogP contribution in [-0.4, -0.2) is 11.1 Å². The highest BCUT2D eigenvalue weighted by atomic mass is 15.0. The number of nitrogens with zero attached hydrogens (tertiary/aromatic N) is 1. The van der Waals surface area contributed by atoms with Gasteiger partial charge in [0.15, 0.2) is 0 Å². The summed E-state index contributed by atoms with van der Waals surface area (Å²) in [5.41, 5.74) is 25.4. The molecule has 4 aliphatic rings. The predicted octanol–water partition coefficient (Wildman–Crippen LogP) is 13.5. The largest absolute Gasteiger partial charge is 0.327 e. The summed E-state index contributed by atoms with van der Waals surface area (Å²) in [5.74, 6) is 0. The average molecular weight is 781 g/mol. The maximum Gasteiger partial charge on any atom is 0.0547 e. The van der Waals surface area contributed by atoms with Gasteiger partial charge in [-0.1, -0.05) is 167 Å². The maximum absolute atomic E-state index is 6.19. The van der Waals surface area contributed by atoms with Crippen molar-refractivity contribution < 1.29 is 0 Å². The zero-order valence-electron chi connectivity index (χ0n) is 35.6. The molecule has 0 unspecified atom stereocenters. The molecular formula is C58H56N2. The fourth-order valence-electron chi connectivity index (χ4n) is 9.87. The second-order valence-corrected chi connectivity index (χ2v) is 16.6. The van der Waals surface area contributed by atoms with Crippen molar-refractivity contribution in [3.05, 3.63) is 202 Å². The highest BCUT2D eigenvalue weighted by Crippen LogP contribution is 2.50. The highest BCUT2D eigenvalue weighted by molar-refractivity contribution is 5.93. The van der Waals surface area contributed by atoms with E-state index in [2.05, 4.69) is 188 Å². The van der Waals surface area contributed by atoms with Gasteiger partial charge in [0.1, 0.15) is 0 Å². The first-order valence-electron chi connectivity index (χ1n) is 22.1. The highest BCUT2D eigenvalue weighted by Gasteiger charge is 2.35. The van der Waals surface area contributed by atoms with Gasteiger partial charge < -0.3 is 10.3 Å². The van der Waals surface area contributed by atoms with Gasteiger partial charge in [-0.3, -0.25) is 0 Å². The number of nitrogens with two attached hydrogens (primary N) is 1.